The van der Waals surface area contributed by atoms with E-state index in [4.69, 9.17) is 11.6 Å². The molecular weight excluding hydrogens is 327 g/mol. The summed E-state index contributed by atoms with van der Waals surface area (Å²) in [5.74, 6) is 0.0829. The molecule has 0 aliphatic carbocycles. The third kappa shape index (κ3) is 5.18. The molecule has 0 bridgehead atoms. The van der Waals surface area contributed by atoms with Gasteiger partial charge >= 0.3 is 0 Å². The summed E-state index contributed by atoms with van der Waals surface area (Å²) in [6, 6.07) is 3.77. The highest BCUT2D eigenvalue weighted by Crippen LogP contribution is 2.22. The van der Waals surface area contributed by atoms with E-state index in [0.29, 0.717) is 23.7 Å². The quantitative estimate of drug-likeness (QED) is 0.862. The Morgan fingerprint density at radius 2 is 2.27 bits per heavy atom. The SMILES string of the molecule is O=C(CSCc1ccc(F)cc1Cl)N[C@H]1CCCCNC1=O. The van der Waals surface area contributed by atoms with Gasteiger partial charge < -0.3 is 10.6 Å². The van der Waals surface area contributed by atoms with E-state index >= 15 is 0 Å². The van der Waals surface area contributed by atoms with Gasteiger partial charge in [0, 0.05) is 17.3 Å². The molecule has 4 nitrogen and oxygen atoms in total. The summed E-state index contributed by atoms with van der Waals surface area (Å²) in [6.45, 7) is 0.670. The van der Waals surface area contributed by atoms with Crippen molar-refractivity contribution in [1.82, 2.24) is 10.6 Å². The molecule has 1 aliphatic heterocycles. The zero-order valence-corrected chi connectivity index (χ0v) is 13.6. The van der Waals surface area contributed by atoms with Crippen LogP contribution in [0, 0.1) is 5.82 Å². The maximum atomic E-state index is 12.9. The minimum atomic E-state index is -0.440. The van der Waals surface area contributed by atoms with E-state index in [0.717, 1.165) is 18.4 Å². The van der Waals surface area contributed by atoms with Gasteiger partial charge in [0.2, 0.25) is 11.8 Å². The number of nitrogens with one attached hydrogen (secondary N) is 2. The average molecular weight is 345 g/mol. The number of rotatable bonds is 5. The van der Waals surface area contributed by atoms with Gasteiger partial charge in [0.1, 0.15) is 11.9 Å². The summed E-state index contributed by atoms with van der Waals surface area (Å²) in [4.78, 5) is 23.6. The van der Waals surface area contributed by atoms with Crippen LogP contribution in [0.3, 0.4) is 0 Å². The average Bonchev–Trinajstić information content (AvgIpc) is 2.66. The van der Waals surface area contributed by atoms with Crippen LogP contribution in [0.25, 0.3) is 0 Å². The molecule has 2 N–H and O–H groups in total. The Balaban J connectivity index is 1.76. The first-order valence-electron chi connectivity index (χ1n) is 7.15. The van der Waals surface area contributed by atoms with Crippen LogP contribution >= 0.6 is 23.4 Å². The standard InChI is InChI=1S/C15H18ClFN2O2S/c16-12-7-11(17)5-4-10(12)8-22-9-14(20)19-13-3-1-2-6-18-15(13)21/h4-5,7,13H,1-3,6,8-9H2,(H,18,21)(H,19,20)/t13-/m0/s1. The third-order valence-electron chi connectivity index (χ3n) is 3.38. The highest BCUT2D eigenvalue weighted by atomic mass is 35.5. The lowest BCUT2D eigenvalue weighted by Crippen LogP contribution is -2.46. The zero-order chi connectivity index (χ0) is 15.9. The van der Waals surface area contributed by atoms with Gasteiger partial charge in [0.15, 0.2) is 0 Å². The van der Waals surface area contributed by atoms with Gasteiger partial charge in [-0.1, -0.05) is 17.7 Å². The predicted molar refractivity (Wildman–Crippen MR) is 86.4 cm³/mol. The van der Waals surface area contributed by atoms with Gasteiger partial charge in [0.25, 0.3) is 0 Å². The molecule has 7 heteroatoms. The summed E-state index contributed by atoms with van der Waals surface area (Å²) in [5.41, 5.74) is 0.785. The summed E-state index contributed by atoms with van der Waals surface area (Å²) >= 11 is 7.31. The van der Waals surface area contributed by atoms with Crippen molar-refractivity contribution in [2.24, 2.45) is 0 Å². The van der Waals surface area contributed by atoms with E-state index < -0.39 is 6.04 Å². The van der Waals surface area contributed by atoms with Crippen molar-refractivity contribution in [2.45, 2.75) is 31.1 Å². The molecule has 22 heavy (non-hydrogen) atoms. The topological polar surface area (TPSA) is 58.2 Å². The summed E-state index contributed by atoms with van der Waals surface area (Å²) < 4.78 is 12.9. The molecule has 0 radical (unpaired) electrons. The molecule has 1 aromatic rings. The van der Waals surface area contributed by atoms with Crippen LogP contribution in [-0.2, 0) is 15.3 Å². The van der Waals surface area contributed by atoms with E-state index in [1.807, 2.05) is 0 Å². The van der Waals surface area contributed by atoms with Crippen LogP contribution < -0.4 is 10.6 Å². The second kappa shape index (κ2) is 8.39. The molecule has 1 fully saturated rings. The number of amides is 2. The van der Waals surface area contributed by atoms with E-state index in [1.165, 1.54) is 23.9 Å². The maximum absolute atomic E-state index is 12.9. The highest BCUT2D eigenvalue weighted by molar-refractivity contribution is 7.99. The fraction of sp³-hybridized carbons (Fsp3) is 0.467. The number of carbonyl (C=O) groups excluding carboxylic acids is 2. The molecule has 1 saturated heterocycles. The molecule has 120 valence electrons. The first-order valence-corrected chi connectivity index (χ1v) is 8.68. The fourth-order valence-corrected chi connectivity index (χ4v) is 3.36. The molecule has 1 atom stereocenters. The lowest BCUT2D eigenvalue weighted by Gasteiger charge is -2.15. The molecule has 2 rings (SSSR count). The van der Waals surface area contributed by atoms with Crippen molar-refractivity contribution in [1.29, 1.82) is 0 Å². The Bertz CT molecular complexity index is 556. The molecule has 1 aliphatic rings. The van der Waals surface area contributed by atoms with Crippen LogP contribution in [0.1, 0.15) is 24.8 Å². The third-order valence-corrected chi connectivity index (χ3v) is 4.71. The second-order valence-corrected chi connectivity index (χ2v) is 6.53. The monoisotopic (exact) mass is 344 g/mol. The molecule has 0 saturated carbocycles. The Labute approximate surface area is 138 Å². The van der Waals surface area contributed by atoms with Gasteiger partial charge in [-0.05, 0) is 37.0 Å². The van der Waals surface area contributed by atoms with E-state index in [-0.39, 0.29) is 23.4 Å². The van der Waals surface area contributed by atoms with Gasteiger partial charge in [-0.2, -0.15) is 0 Å². The number of hydrogen-bond acceptors (Lipinski definition) is 3. The number of hydrogen-bond donors (Lipinski definition) is 2. The van der Waals surface area contributed by atoms with Crippen LogP contribution in [0.2, 0.25) is 5.02 Å². The van der Waals surface area contributed by atoms with Crippen LogP contribution in [-0.4, -0.2) is 30.2 Å². The zero-order valence-electron chi connectivity index (χ0n) is 12.0. The minimum absolute atomic E-state index is 0.113. The normalized spacial score (nSPS) is 18.5. The van der Waals surface area contributed by atoms with E-state index in [9.17, 15) is 14.0 Å². The Morgan fingerprint density at radius 3 is 3.05 bits per heavy atom. The van der Waals surface area contributed by atoms with Gasteiger partial charge in [0.05, 0.1) is 5.75 Å². The van der Waals surface area contributed by atoms with Crippen molar-refractivity contribution < 1.29 is 14.0 Å². The lowest BCUT2D eigenvalue weighted by atomic mass is 10.1. The van der Waals surface area contributed by atoms with E-state index in [2.05, 4.69) is 10.6 Å². The Morgan fingerprint density at radius 1 is 1.45 bits per heavy atom. The molecular formula is C15H18ClFN2O2S. The van der Waals surface area contributed by atoms with Crippen molar-refractivity contribution in [2.75, 3.05) is 12.3 Å². The van der Waals surface area contributed by atoms with Crippen LogP contribution in [0.15, 0.2) is 18.2 Å². The Kier molecular flexibility index (Phi) is 6.51. The molecule has 0 spiro atoms. The Hall–Kier alpha value is -1.27. The number of benzene rings is 1. The van der Waals surface area contributed by atoms with Crippen molar-refractivity contribution in [3.63, 3.8) is 0 Å². The van der Waals surface area contributed by atoms with Crippen LogP contribution in [0.5, 0.6) is 0 Å². The smallest absolute Gasteiger partial charge is 0.242 e. The van der Waals surface area contributed by atoms with Gasteiger partial charge in [-0.3, -0.25) is 9.59 Å². The maximum Gasteiger partial charge on any atom is 0.242 e. The number of carbonyl (C=O) groups is 2. The van der Waals surface area contributed by atoms with E-state index in [1.54, 1.807) is 6.07 Å². The molecule has 0 unspecified atom stereocenters. The predicted octanol–water partition coefficient (Wildman–Crippen LogP) is 2.50. The number of halogens is 2. The van der Waals surface area contributed by atoms with Crippen molar-refractivity contribution in [3.05, 3.63) is 34.6 Å². The summed E-state index contributed by atoms with van der Waals surface area (Å²) in [6.07, 6.45) is 2.53. The van der Waals surface area contributed by atoms with Gasteiger partial charge in [-0.15, -0.1) is 11.8 Å². The molecule has 0 aromatic heterocycles. The van der Waals surface area contributed by atoms with Crippen LogP contribution in [0.4, 0.5) is 4.39 Å². The summed E-state index contributed by atoms with van der Waals surface area (Å²) in [5, 5.41) is 5.89. The molecule has 2 amide bonds. The van der Waals surface area contributed by atoms with Gasteiger partial charge in [-0.25, -0.2) is 4.39 Å². The summed E-state index contributed by atoms with van der Waals surface area (Å²) in [7, 11) is 0. The molecule has 1 heterocycles. The minimum Gasteiger partial charge on any atom is -0.354 e. The first kappa shape index (κ1) is 17.1. The lowest BCUT2D eigenvalue weighted by molar-refractivity contribution is -0.127. The largest absolute Gasteiger partial charge is 0.354 e. The number of thioether (sulfide) groups is 1. The fourth-order valence-electron chi connectivity index (χ4n) is 2.21. The highest BCUT2D eigenvalue weighted by Gasteiger charge is 2.22. The molecule has 1 aromatic carbocycles. The van der Waals surface area contributed by atoms with Crippen molar-refractivity contribution >= 4 is 35.2 Å². The second-order valence-electron chi connectivity index (χ2n) is 5.14. The first-order chi connectivity index (χ1) is 10.6. The van der Waals surface area contributed by atoms with Crippen molar-refractivity contribution in [3.8, 4) is 0 Å².